The van der Waals surface area contributed by atoms with Gasteiger partial charge < -0.3 is 14.2 Å². The summed E-state index contributed by atoms with van der Waals surface area (Å²) in [6.45, 7) is 1.86. The number of nitrogens with zero attached hydrogens (tertiary/aromatic N) is 3. The highest BCUT2D eigenvalue weighted by atomic mass is 16.3. The normalized spacial score (nSPS) is 14.7. The Balaban J connectivity index is 1.47. The van der Waals surface area contributed by atoms with Gasteiger partial charge in [0.1, 0.15) is 5.69 Å². The minimum absolute atomic E-state index is 0.178. The lowest BCUT2D eigenvalue weighted by atomic mass is 10.3. The van der Waals surface area contributed by atoms with Crippen molar-refractivity contribution in [1.29, 1.82) is 0 Å². The SMILES string of the molecule is O=C(c1cc(=O)n(-c2ccccc2)[nH]1)N1CCCN(C(=O)c2ccco2)CC1. The van der Waals surface area contributed by atoms with E-state index in [9.17, 15) is 14.4 Å². The van der Waals surface area contributed by atoms with E-state index in [0.717, 1.165) is 0 Å². The number of hydrogen-bond donors (Lipinski definition) is 1. The topological polar surface area (TPSA) is 91.5 Å². The van der Waals surface area contributed by atoms with Crippen LogP contribution in [0.15, 0.2) is 64.0 Å². The van der Waals surface area contributed by atoms with Crippen LogP contribution in [0.1, 0.15) is 27.5 Å². The van der Waals surface area contributed by atoms with Gasteiger partial charge in [0.2, 0.25) is 0 Å². The van der Waals surface area contributed by atoms with Crippen molar-refractivity contribution in [1.82, 2.24) is 19.6 Å². The second kappa shape index (κ2) is 7.59. The van der Waals surface area contributed by atoms with Crippen LogP contribution >= 0.6 is 0 Å². The molecule has 1 aliphatic rings. The number of benzene rings is 1. The van der Waals surface area contributed by atoms with Crippen LogP contribution < -0.4 is 5.56 Å². The van der Waals surface area contributed by atoms with Crippen LogP contribution in [0.4, 0.5) is 0 Å². The summed E-state index contributed by atoms with van der Waals surface area (Å²) < 4.78 is 6.52. The first-order valence-corrected chi connectivity index (χ1v) is 9.13. The summed E-state index contributed by atoms with van der Waals surface area (Å²) >= 11 is 0. The first-order valence-electron chi connectivity index (χ1n) is 9.13. The molecule has 1 fully saturated rings. The van der Waals surface area contributed by atoms with Gasteiger partial charge in [-0.25, -0.2) is 4.68 Å². The van der Waals surface area contributed by atoms with Crippen molar-refractivity contribution in [3.05, 3.63) is 76.6 Å². The van der Waals surface area contributed by atoms with Crippen LogP contribution in [0.3, 0.4) is 0 Å². The molecule has 144 valence electrons. The summed E-state index contributed by atoms with van der Waals surface area (Å²) in [5.74, 6) is -0.133. The van der Waals surface area contributed by atoms with E-state index in [1.807, 2.05) is 18.2 Å². The van der Waals surface area contributed by atoms with Crippen LogP contribution in [0, 0.1) is 0 Å². The molecule has 0 bridgehead atoms. The number of H-pyrrole nitrogens is 1. The van der Waals surface area contributed by atoms with Gasteiger partial charge in [-0.1, -0.05) is 18.2 Å². The summed E-state index contributed by atoms with van der Waals surface area (Å²) in [4.78, 5) is 40.9. The summed E-state index contributed by atoms with van der Waals surface area (Å²) in [7, 11) is 0. The van der Waals surface area contributed by atoms with Crippen LogP contribution in [0.25, 0.3) is 5.69 Å². The van der Waals surface area contributed by atoms with Gasteiger partial charge in [-0.2, -0.15) is 0 Å². The van der Waals surface area contributed by atoms with Crippen molar-refractivity contribution in [3.63, 3.8) is 0 Å². The average Bonchev–Trinajstić information content (AvgIpc) is 3.32. The van der Waals surface area contributed by atoms with Gasteiger partial charge in [0, 0.05) is 32.2 Å². The third-order valence-electron chi connectivity index (χ3n) is 4.77. The molecule has 1 N–H and O–H groups in total. The van der Waals surface area contributed by atoms with Gasteiger partial charge in [0.05, 0.1) is 12.0 Å². The molecule has 0 saturated carbocycles. The molecule has 4 rings (SSSR count). The number of carbonyl (C=O) groups is 2. The lowest BCUT2D eigenvalue weighted by Gasteiger charge is -2.21. The predicted molar refractivity (Wildman–Crippen MR) is 102 cm³/mol. The number of hydrogen-bond acceptors (Lipinski definition) is 4. The Kier molecular flexibility index (Phi) is 4.84. The molecule has 0 unspecified atom stereocenters. The minimum atomic E-state index is -0.293. The molecule has 3 aromatic rings. The van der Waals surface area contributed by atoms with Crippen molar-refractivity contribution >= 4 is 11.8 Å². The maximum atomic E-state index is 12.9. The number of carbonyl (C=O) groups excluding carboxylic acids is 2. The number of aromatic amines is 1. The molecule has 3 heterocycles. The number of rotatable bonds is 3. The van der Waals surface area contributed by atoms with Crippen LogP contribution in [0.2, 0.25) is 0 Å². The molecule has 0 atom stereocenters. The van der Waals surface area contributed by atoms with Crippen molar-refractivity contribution in [3.8, 4) is 5.69 Å². The molecule has 1 saturated heterocycles. The Morgan fingerprint density at radius 1 is 0.893 bits per heavy atom. The van der Waals surface area contributed by atoms with Gasteiger partial charge in [0.25, 0.3) is 17.4 Å². The number of nitrogens with one attached hydrogen (secondary N) is 1. The summed E-state index contributed by atoms with van der Waals surface area (Å²) in [5, 5.41) is 2.89. The molecular weight excluding hydrogens is 360 g/mol. The Bertz CT molecular complexity index is 1020. The fraction of sp³-hybridized carbons (Fsp3) is 0.250. The van der Waals surface area contributed by atoms with Crippen molar-refractivity contribution in [2.75, 3.05) is 26.2 Å². The highest BCUT2D eigenvalue weighted by molar-refractivity contribution is 5.93. The van der Waals surface area contributed by atoms with Gasteiger partial charge in [-0.05, 0) is 30.7 Å². The van der Waals surface area contributed by atoms with E-state index in [4.69, 9.17) is 4.42 Å². The molecule has 8 nitrogen and oxygen atoms in total. The average molecular weight is 380 g/mol. The summed E-state index contributed by atoms with van der Waals surface area (Å²) in [6, 6.07) is 13.7. The van der Waals surface area contributed by atoms with E-state index in [0.29, 0.717) is 44.0 Å². The first kappa shape index (κ1) is 17.8. The van der Waals surface area contributed by atoms with Crippen molar-refractivity contribution < 1.29 is 14.0 Å². The predicted octanol–water partition coefficient (Wildman–Crippen LogP) is 1.75. The fourth-order valence-electron chi connectivity index (χ4n) is 3.32. The highest BCUT2D eigenvalue weighted by Gasteiger charge is 2.25. The molecule has 1 aliphatic heterocycles. The molecule has 0 spiro atoms. The minimum Gasteiger partial charge on any atom is -0.459 e. The zero-order valence-electron chi connectivity index (χ0n) is 15.2. The van der Waals surface area contributed by atoms with Crippen LogP contribution in [-0.4, -0.2) is 57.6 Å². The molecule has 28 heavy (non-hydrogen) atoms. The van der Waals surface area contributed by atoms with Crippen LogP contribution in [-0.2, 0) is 0 Å². The Morgan fingerprint density at radius 2 is 1.61 bits per heavy atom. The van der Waals surface area contributed by atoms with Crippen LogP contribution in [0.5, 0.6) is 0 Å². The molecular formula is C20H20N4O4. The molecule has 8 heteroatoms. The van der Waals surface area contributed by atoms with E-state index >= 15 is 0 Å². The third kappa shape index (κ3) is 3.48. The number of para-hydroxylation sites is 1. The second-order valence-corrected chi connectivity index (χ2v) is 6.59. The van der Waals surface area contributed by atoms with Gasteiger partial charge in [-0.3, -0.25) is 19.5 Å². The van der Waals surface area contributed by atoms with Gasteiger partial charge in [-0.15, -0.1) is 0 Å². The maximum absolute atomic E-state index is 12.9. The van der Waals surface area contributed by atoms with E-state index in [1.54, 1.807) is 34.1 Å². The van der Waals surface area contributed by atoms with E-state index in [2.05, 4.69) is 5.10 Å². The maximum Gasteiger partial charge on any atom is 0.289 e. The van der Waals surface area contributed by atoms with Crippen molar-refractivity contribution in [2.24, 2.45) is 0 Å². The van der Waals surface area contributed by atoms with Crippen molar-refractivity contribution in [2.45, 2.75) is 6.42 Å². The van der Waals surface area contributed by atoms with E-state index in [-0.39, 0.29) is 23.1 Å². The quantitative estimate of drug-likeness (QED) is 0.749. The largest absolute Gasteiger partial charge is 0.459 e. The molecule has 0 radical (unpaired) electrons. The van der Waals surface area contributed by atoms with E-state index in [1.165, 1.54) is 17.0 Å². The molecule has 2 amide bonds. The zero-order chi connectivity index (χ0) is 19.5. The lowest BCUT2D eigenvalue weighted by Crippen LogP contribution is -2.37. The smallest absolute Gasteiger partial charge is 0.289 e. The summed E-state index contributed by atoms with van der Waals surface area (Å²) in [5.41, 5.74) is 0.608. The molecule has 1 aromatic carbocycles. The Hall–Kier alpha value is -3.55. The summed E-state index contributed by atoms with van der Waals surface area (Å²) in [6.07, 6.45) is 2.12. The third-order valence-corrected chi connectivity index (χ3v) is 4.77. The van der Waals surface area contributed by atoms with E-state index < -0.39 is 0 Å². The monoisotopic (exact) mass is 380 g/mol. The molecule has 0 aliphatic carbocycles. The number of furan rings is 1. The van der Waals surface area contributed by atoms with Gasteiger partial charge in [0.15, 0.2) is 5.76 Å². The first-order chi connectivity index (χ1) is 13.6. The standard InChI is InChI=1S/C20H20N4O4/c25-18-14-16(21-24(18)15-6-2-1-3-7-15)19(26)22-9-5-10-23(12-11-22)20(27)17-8-4-13-28-17/h1-4,6-8,13-14,21H,5,9-12H2. The van der Waals surface area contributed by atoms with Gasteiger partial charge >= 0.3 is 0 Å². The second-order valence-electron chi connectivity index (χ2n) is 6.59. The number of aromatic nitrogens is 2. The highest BCUT2D eigenvalue weighted by Crippen LogP contribution is 2.12. The Morgan fingerprint density at radius 3 is 2.29 bits per heavy atom. The number of amides is 2. The fourth-order valence-corrected chi connectivity index (χ4v) is 3.32. The molecule has 2 aromatic heterocycles. The Labute approximate surface area is 161 Å². The zero-order valence-corrected chi connectivity index (χ0v) is 15.2. The lowest BCUT2D eigenvalue weighted by molar-refractivity contribution is 0.0698.